The minimum Gasteiger partial charge on any atom is -0.478 e. The van der Waals surface area contributed by atoms with Crippen LogP contribution in [0.5, 0.6) is 5.75 Å². The number of aromatic nitrogens is 1. The summed E-state index contributed by atoms with van der Waals surface area (Å²) >= 11 is 12.2. The van der Waals surface area contributed by atoms with Crippen LogP contribution in [0.4, 0.5) is 5.82 Å². The molecule has 0 saturated heterocycles. The Morgan fingerprint density at radius 3 is 2.48 bits per heavy atom. The Morgan fingerprint density at radius 2 is 1.92 bits per heavy atom. The predicted octanol–water partition coefficient (Wildman–Crippen LogP) is 4.85. The van der Waals surface area contributed by atoms with Crippen LogP contribution in [0.3, 0.4) is 0 Å². The fourth-order valence-corrected chi connectivity index (χ4v) is 3.12. The fraction of sp³-hybridized carbons (Fsp3) is 0.368. The fourth-order valence-electron chi connectivity index (χ4n) is 2.56. The molecule has 1 aliphatic carbocycles. The van der Waals surface area contributed by atoms with Gasteiger partial charge in [0.15, 0.2) is 5.60 Å². The molecule has 1 aliphatic rings. The molecule has 0 unspecified atom stereocenters. The van der Waals surface area contributed by atoms with Gasteiger partial charge in [0, 0.05) is 12.1 Å². The lowest BCUT2D eigenvalue weighted by molar-refractivity contribution is -0.128. The first-order chi connectivity index (χ1) is 11.7. The minimum absolute atomic E-state index is 0.160. The third kappa shape index (κ3) is 4.07. The Labute approximate surface area is 157 Å². The number of nitrogens with zero attached hydrogens (tertiary/aromatic N) is 1. The van der Waals surface area contributed by atoms with E-state index in [1.807, 2.05) is 43.3 Å². The molecule has 1 N–H and O–H groups in total. The molecule has 1 amide bonds. The van der Waals surface area contributed by atoms with Gasteiger partial charge in [0.2, 0.25) is 0 Å². The maximum Gasteiger partial charge on any atom is 0.269 e. The van der Waals surface area contributed by atoms with E-state index >= 15 is 0 Å². The molecule has 1 fully saturated rings. The van der Waals surface area contributed by atoms with Crippen molar-refractivity contribution in [2.75, 3.05) is 5.32 Å². The van der Waals surface area contributed by atoms with E-state index in [2.05, 4.69) is 10.3 Å². The van der Waals surface area contributed by atoms with Gasteiger partial charge in [-0.25, -0.2) is 4.98 Å². The summed E-state index contributed by atoms with van der Waals surface area (Å²) in [6.45, 7) is 5.33. The van der Waals surface area contributed by atoms with Crippen molar-refractivity contribution in [2.24, 2.45) is 0 Å². The number of carbonyl (C=O) groups is 1. The zero-order valence-corrected chi connectivity index (χ0v) is 15.9. The van der Waals surface area contributed by atoms with E-state index in [9.17, 15) is 4.79 Å². The van der Waals surface area contributed by atoms with Crippen LogP contribution in [0.2, 0.25) is 0 Å². The molecular weight excluding hydrogens is 359 g/mol. The molecule has 6 heteroatoms. The second kappa shape index (κ2) is 6.50. The van der Waals surface area contributed by atoms with Crippen molar-refractivity contribution in [3.63, 3.8) is 0 Å². The van der Waals surface area contributed by atoms with E-state index in [0.29, 0.717) is 11.6 Å². The van der Waals surface area contributed by atoms with Crippen molar-refractivity contribution in [1.82, 2.24) is 4.98 Å². The largest absolute Gasteiger partial charge is 0.478 e. The van der Waals surface area contributed by atoms with Gasteiger partial charge in [-0.3, -0.25) is 4.79 Å². The molecule has 132 valence electrons. The van der Waals surface area contributed by atoms with Crippen LogP contribution in [0.1, 0.15) is 37.3 Å². The molecule has 3 rings (SSSR count). The monoisotopic (exact) mass is 378 g/mol. The van der Waals surface area contributed by atoms with Crippen LogP contribution >= 0.6 is 23.2 Å². The predicted molar refractivity (Wildman–Crippen MR) is 101 cm³/mol. The summed E-state index contributed by atoms with van der Waals surface area (Å²) in [5, 5.41) is 2.81. The summed E-state index contributed by atoms with van der Waals surface area (Å²) in [5.74, 6) is 1.04. The van der Waals surface area contributed by atoms with Crippen LogP contribution in [0.25, 0.3) is 0 Å². The van der Waals surface area contributed by atoms with Crippen LogP contribution in [0, 0.1) is 6.92 Å². The van der Waals surface area contributed by atoms with Gasteiger partial charge in [0.1, 0.15) is 15.9 Å². The van der Waals surface area contributed by atoms with Crippen LogP contribution in [-0.2, 0) is 4.79 Å². The minimum atomic E-state index is -1.05. The topological polar surface area (TPSA) is 51.2 Å². The first-order valence-corrected chi connectivity index (χ1v) is 8.84. The first kappa shape index (κ1) is 18.0. The summed E-state index contributed by atoms with van der Waals surface area (Å²) in [5.41, 5.74) is 0.920. The number of halogens is 2. The number of nitrogens with one attached hydrogen (secondary N) is 1. The Hall–Kier alpha value is -1.78. The number of hydrogen-bond acceptors (Lipinski definition) is 3. The summed E-state index contributed by atoms with van der Waals surface area (Å²) in [4.78, 5) is 16.7. The SMILES string of the molecule is Cc1cccnc1NC(=O)C(C)(C)Oc1ccc([C@H]2CC2(Cl)Cl)cc1. The lowest BCUT2D eigenvalue weighted by Crippen LogP contribution is -2.42. The van der Waals surface area contributed by atoms with E-state index in [1.54, 1.807) is 20.0 Å². The van der Waals surface area contributed by atoms with Crippen molar-refractivity contribution in [3.8, 4) is 5.75 Å². The molecule has 0 bridgehead atoms. The molecule has 0 radical (unpaired) electrons. The standard InChI is InChI=1S/C19H20Cl2N2O2/c1-12-5-4-10-22-16(12)23-17(24)18(2,3)25-14-8-6-13(7-9-14)15-11-19(15,20)21/h4-10,15H,11H2,1-3H3,(H,22,23,24)/t15-/m1/s1. The van der Waals surface area contributed by atoms with Crippen molar-refractivity contribution in [1.29, 1.82) is 0 Å². The number of aryl methyl sites for hydroxylation is 1. The molecule has 1 saturated carbocycles. The summed E-state index contributed by atoms with van der Waals surface area (Å²) in [7, 11) is 0. The maximum absolute atomic E-state index is 12.6. The van der Waals surface area contributed by atoms with Gasteiger partial charge >= 0.3 is 0 Å². The molecule has 0 spiro atoms. The molecular formula is C19H20Cl2N2O2. The first-order valence-electron chi connectivity index (χ1n) is 8.09. The van der Waals surface area contributed by atoms with Gasteiger partial charge in [-0.15, -0.1) is 23.2 Å². The summed E-state index contributed by atoms with van der Waals surface area (Å²) < 4.78 is 5.23. The van der Waals surface area contributed by atoms with Gasteiger partial charge in [0.25, 0.3) is 5.91 Å². The van der Waals surface area contributed by atoms with Gasteiger partial charge in [0.05, 0.1) is 0 Å². The molecule has 4 nitrogen and oxygen atoms in total. The summed E-state index contributed by atoms with van der Waals surface area (Å²) in [6, 6.07) is 11.2. The third-order valence-corrected chi connectivity index (χ3v) is 5.11. The number of rotatable bonds is 5. The van der Waals surface area contributed by atoms with E-state index in [1.165, 1.54) is 0 Å². The van der Waals surface area contributed by atoms with E-state index < -0.39 is 9.93 Å². The van der Waals surface area contributed by atoms with E-state index in [-0.39, 0.29) is 11.8 Å². The van der Waals surface area contributed by atoms with Gasteiger partial charge in [-0.05, 0) is 56.5 Å². The highest BCUT2D eigenvalue weighted by atomic mass is 35.5. The lowest BCUT2D eigenvalue weighted by Gasteiger charge is -2.25. The van der Waals surface area contributed by atoms with Crippen molar-refractivity contribution >= 4 is 34.9 Å². The van der Waals surface area contributed by atoms with Crippen molar-refractivity contribution in [2.45, 2.75) is 43.0 Å². The zero-order chi connectivity index (χ0) is 18.2. The number of pyridine rings is 1. The molecule has 1 atom stereocenters. The number of alkyl halides is 2. The number of benzene rings is 1. The van der Waals surface area contributed by atoms with Crippen LogP contribution < -0.4 is 10.1 Å². The Morgan fingerprint density at radius 1 is 1.28 bits per heavy atom. The third-order valence-electron chi connectivity index (χ3n) is 4.27. The smallest absolute Gasteiger partial charge is 0.269 e. The highest BCUT2D eigenvalue weighted by Crippen LogP contribution is 2.59. The Kier molecular flexibility index (Phi) is 4.69. The average Bonchev–Trinajstić information content (AvgIpc) is 3.18. The maximum atomic E-state index is 12.6. The number of amides is 1. The zero-order valence-electron chi connectivity index (χ0n) is 14.3. The molecule has 1 heterocycles. The van der Waals surface area contributed by atoms with Crippen molar-refractivity contribution < 1.29 is 9.53 Å². The van der Waals surface area contributed by atoms with Crippen LogP contribution in [0.15, 0.2) is 42.6 Å². The number of anilines is 1. The van der Waals surface area contributed by atoms with Crippen LogP contribution in [-0.4, -0.2) is 20.8 Å². The van der Waals surface area contributed by atoms with Gasteiger partial charge in [-0.1, -0.05) is 18.2 Å². The Bertz CT molecular complexity index is 788. The molecule has 0 aliphatic heterocycles. The highest BCUT2D eigenvalue weighted by molar-refractivity contribution is 6.51. The average molecular weight is 379 g/mol. The number of carbonyl (C=O) groups excluding carboxylic acids is 1. The number of ether oxygens (including phenoxy) is 1. The van der Waals surface area contributed by atoms with E-state index in [0.717, 1.165) is 17.5 Å². The second-order valence-electron chi connectivity index (χ2n) is 6.82. The van der Waals surface area contributed by atoms with Crippen molar-refractivity contribution in [3.05, 3.63) is 53.7 Å². The molecule has 2 aromatic rings. The second-order valence-corrected chi connectivity index (χ2v) is 8.36. The summed E-state index contributed by atoms with van der Waals surface area (Å²) in [6.07, 6.45) is 2.40. The Balaban J connectivity index is 1.66. The van der Waals surface area contributed by atoms with Gasteiger partial charge < -0.3 is 10.1 Å². The quantitative estimate of drug-likeness (QED) is 0.756. The molecule has 25 heavy (non-hydrogen) atoms. The lowest BCUT2D eigenvalue weighted by atomic mass is 10.1. The molecule has 1 aromatic carbocycles. The van der Waals surface area contributed by atoms with E-state index in [4.69, 9.17) is 27.9 Å². The van der Waals surface area contributed by atoms with Gasteiger partial charge in [-0.2, -0.15) is 0 Å². The highest BCUT2D eigenvalue weighted by Gasteiger charge is 2.52. The number of hydrogen-bond donors (Lipinski definition) is 1. The molecule has 1 aromatic heterocycles. The normalized spacial score (nSPS) is 18.5.